The molecule has 0 spiro atoms. The molecule has 3 rings (SSSR count). The number of ether oxygens (including phenoxy) is 1. The average Bonchev–Trinajstić information content (AvgIpc) is 2.96. The molecule has 2 aromatic carbocycles. The van der Waals surface area contributed by atoms with Gasteiger partial charge in [-0.15, -0.1) is 0 Å². The molecule has 1 N–H and O–H groups in total. The lowest BCUT2D eigenvalue weighted by atomic mass is 10.2. The maximum absolute atomic E-state index is 13.8. The van der Waals surface area contributed by atoms with E-state index < -0.39 is 17.0 Å². The highest BCUT2D eigenvalue weighted by Gasteiger charge is 2.39. The molecular weight excluding hydrogens is 393 g/mol. The van der Waals surface area contributed by atoms with Crippen LogP contribution < -0.4 is 5.32 Å². The van der Waals surface area contributed by atoms with Crippen molar-refractivity contribution in [2.75, 3.05) is 25.6 Å². The zero-order valence-corrected chi connectivity index (χ0v) is 17.0. The van der Waals surface area contributed by atoms with E-state index in [1.165, 1.54) is 28.8 Å². The number of amidine groups is 1. The van der Waals surface area contributed by atoms with Gasteiger partial charge in [0.1, 0.15) is 11.1 Å². The number of amides is 2. The van der Waals surface area contributed by atoms with Crippen molar-refractivity contribution in [1.29, 1.82) is 0 Å². The molecule has 1 aliphatic rings. The highest BCUT2D eigenvalue weighted by atomic mass is 32.2. The molecule has 6 nitrogen and oxygen atoms in total. The van der Waals surface area contributed by atoms with Crippen molar-refractivity contribution in [3.05, 3.63) is 59.9 Å². The van der Waals surface area contributed by atoms with Crippen molar-refractivity contribution < 1.29 is 18.7 Å². The van der Waals surface area contributed by atoms with E-state index in [0.717, 1.165) is 11.3 Å². The number of nitrogens with zero attached hydrogens (tertiary/aromatic N) is 2. The molecule has 1 saturated heterocycles. The Morgan fingerprint density at radius 2 is 2.07 bits per heavy atom. The maximum Gasteiger partial charge on any atom is 0.242 e. The Morgan fingerprint density at radius 1 is 1.28 bits per heavy atom. The van der Waals surface area contributed by atoms with Gasteiger partial charge in [0.05, 0.1) is 24.5 Å². The van der Waals surface area contributed by atoms with E-state index in [1.54, 1.807) is 19.2 Å². The quantitative estimate of drug-likeness (QED) is 0.748. The van der Waals surface area contributed by atoms with E-state index in [4.69, 9.17) is 4.74 Å². The predicted molar refractivity (Wildman–Crippen MR) is 113 cm³/mol. The van der Waals surface area contributed by atoms with E-state index in [2.05, 4.69) is 10.3 Å². The zero-order valence-electron chi connectivity index (χ0n) is 16.2. The molecule has 0 aromatic heterocycles. The van der Waals surface area contributed by atoms with Crippen LogP contribution in [0.15, 0.2) is 53.5 Å². The Balaban J connectivity index is 1.75. The third kappa shape index (κ3) is 5.42. The van der Waals surface area contributed by atoms with Crippen LogP contribution in [0.2, 0.25) is 0 Å². The lowest BCUT2D eigenvalue weighted by Gasteiger charge is -2.15. The van der Waals surface area contributed by atoms with Crippen molar-refractivity contribution in [2.45, 2.75) is 18.6 Å². The predicted octanol–water partition coefficient (Wildman–Crippen LogP) is 3.74. The molecule has 29 heavy (non-hydrogen) atoms. The SMILES string of the molecule is COCCN1C(=O)[C@@H](CC(=O)Nc2ccccc2F)SC1=Nc1cccc(C)c1. The number of rotatable bonds is 7. The minimum atomic E-state index is -0.623. The summed E-state index contributed by atoms with van der Waals surface area (Å²) in [5.41, 5.74) is 1.89. The summed E-state index contributed by atoms with van der Waals surface area (Å²) in [4.78, 5) is 31.4. The second-order valence-electron chi connectivity index (χ2n) is 6.55. The van der Waals surface area contributed by atoms with Gasteiger partial charge in [-0.25, -0.2) is 9.38 Å². The number of para-hydroxylation sites is 1. The van der Waals surface area contributed by atoms with Crippen LogP contribution in [0.1, 0.15) is 12.0 Å². The first-order valence-corrected chi connectivity index (χ1v) is 10.0. The fraction of sp³-hybridized carbons (Fsp3) is 0.286. The first kappa shape index (κ1) is 21.0. The molecule has 2 amide bonds. The van der Waals surface area contributed by atoms with E-state index in [-0.39, 0.29) is 18.0 Å². The third-order valence-corrected chi connectivity index (χ3v) is 5.46. The normalized spacial score (nSPS) is 17.8. The minimum Gasteiger partial charge on any atom is -0.383 e. The molecule has 1 atom stereocenters. The summed E-state index contributed by atoms with van der Waals surface area (Å²) in [6.07, 6.45) is -0.0752. The standard InChI is InChI=1S/C21H22FN3O3S/c1-14-6-5-7-15(12-14)23-21-25(10-11-28-2)20(27)18(29-21)13-19(26)24-17-9-4-3-8-16(17)22/h3-9,12,18H,10-11,13H2,1-2H3,(H,24,26)/t18-/m1/s1. The number of nitrogens with one attached hydrogen (secondary N) is 1. The molecule has 152 valence electrons. The molecule has 8 heteroatoms. The Hall–Kier alpha value is -2.71. The van der Waals surface area contributed by atoms with E-state index in [0.29, 0.717) is 18.3 Å². The number of hydrogen-bond donors (Lipinski definition) is 1. The van der Waals surface area contributed by atoms with Crippen molar-refractivity contribution in [1.82, 2.24) is 4.90 Å². The van der Waals surface area contributed by atoms with Crippen LogP contribution >= 0.6 is 11.8 Å². The van der Waals surface area contributed by atoms with Crippen molar-refractivity contribution in [3.8, 4) is 0 Å². The van der Waals surface area contributed by atoms with Gasteiger partial charge < -0.3 is 10.1 Å². The summed E-state index contributed by atoms with van der Waals surface area (Å²) in [6, 6.07) is 13.6. The highest BCUT2D eigenvalue weighted by Crippen LogP contribution is 2.32. The second-order valence-corrected chi connectivity index (χ2v) is 7.72. The van der Waals surface area contributed by atoms with Crippen molar-refractivity contribution in [3.63, 3.8) is 0 Å². The fourth-order valence-corrected chi connectivity index (χ4v) is 4.04. The first-order valence-electron chi connectivity index (χ1n) is 9.14. The number of carbonyl (C=O) groups excluding carboxylic acids is 2. The summed E-state index contributed by atoms with van der Waals surface area (Å²) in [6.45, 7) is 2.67. The van der Waals surface area contributed by atoms with Crippen molar-refractivity contribution >= 4 is 40.1 Å². The van der Waals surface area contributed by atoms with Gasteiger partial charge in [0.2, 0.25) is 11.8 Å². The number of thioether (sulfide) groups is 1. The minimum absolute atomic E-state index is 0.0752. The van der Waals surface area contributed by atoms with Gasteiger partial charge >= 0.3 is 0 Å². The molecule has 0 aliphatic carbocycles. The Kier molecular flexibility index (Phi) is 7.00. The molecular formula is C21H22FN3O3S. The van der Waals surface area contributed by atoms with Crippen LogP contribution in [0.4, 0.5) is 15.8 Å². The number of aliphatic imine (C=N–C) groups is 1. The van der Waals surface area contributed by atoms with E-state index in [9.17, 15) is 14.0 Å². The number of methoxy groups -OCH3 is 1. The van der Waals surface area contributed by atoms with Crippen LogP contribution in [-0.4, -0.2) is 47.4 Å². The lowest BCUT2D eigenvalue weighted by molar-refractivity contribution is -0.128. The Morgan fingerprint density at radius 3 is 2.79 bits per heavy atom. The largest absolute Gasteiger partial charge is 0.383 e. The van der Waals surface area contributed by atoms with Gasteiger partial charge in [-0.05, 0) is 36.8 Å². The summed E-state index contributed by atoms with van der Waals surface area (Å²) < 4.78 is 18.8. The van der Waals surface area contributed by atoms with Gasteiger partial charge in [0.25, 0.3) is 0 Å². The number of benzene rings is 2. The number of anilines is 1. The van der Waals surface area contributed by atoms with E-state index >= 15 is 0 Å². The maximum atomic E-state index is 13.8. The topological polar surface area (TPSA) is 71.0 Å². The third-order valence-electron chi connectivity index (χ3n) is 4.28. The van der Waals surface area contributed by atoms with Gasteiger partial charge in [-0.3, -0.25) is 14.5 Å². The lowest BCUT2D eigenvalue weighted by Crippen LogP contribution is -2.35. The number of carbonyl (C=O) groups is 2. The molecule has 0 bridgehead atoms. The summed E-state index contributed by atoms with van der Waals surface area (Å²) >= 11 is 1.24. The van der Waals surface area contributed by atoms with Crippen LogP contribution in [0.3, 0.4) is 0 Å². The van der Waals surface area contributed by atoms with Crippen LogP contribution in [-0.2, 0) is 14.3 Å². The van der Waals surface area contributed by atoms with Gasteiger partial charge in [-0.2, -0.15) is 0 Å². The molecule has 1 fully saturated rings. The fourth-order valence-electron chi connectivity index (χ4n) is 2.85. The van der Waals surface area contributed by atoms with Crippen LogP contribution in [0.5, 0.6) is 0 Å². The zero-order chi connectivity index (χ0) is 20.8. The Labute approximate surface area is 173 Å². The van der Waals surface area contributed by atoms with Crippen molar-refractivity contribution in [2.24, 2.45) is 4.99 Å². The van der Waals surface area contributed by atoms with Gasteiger partial charge in [0, 0.05) is 13.5 Å². The second kappa shape index (κ2) is 9.67. The summed E-state index contributed by atoms with van der Waals surface area (Å²) in [7, 11) is 1.56. The van der Waals surface area contributed by atoms with Crippen LogP contribution in [0.25, 0.3) is 0 Å². The number of aryl methyl sites for hydroxylation is 1. The highest BCUT2D eigenvalue weighted by molar-refractivity contribution is 8.15. The molecule has 0 unspecified atom stereocenters. The van der Waals surface area contributed by atoms with Gasteiger partial charge in [-0.1, -0.05) is 36.0 Å². The molecule has 1 heterocycles. The molecule has 0 saturated carbocycles. The molecule has 0 radical (unpaired) electrons. The van der Waals surface area contributed by atoms with E-state index in [1.807, 2.05) is 31.2 Å². The summed E-state index contributed by atoms with van der Waals surface area (Å²) in [5.74, 6) is -1.15. The Bertz CT molecular complexity index is 935. The monoisotopic (exact) mass is 415 g/mol. The average molecular weight is 415 g/mol. The first-order chi connectivity index (χ1) is 14.0. The number of hydrogen-bond acceptors (Lipinski definition) is 5. The molecule has 1 aliphatic heterocycles. The smallest absolute Gasteiger partial charge is 0.242 e. The molecule has 2 aromatic rings. The number of halogens is 1. The summed E-state index contributed by atoms with van der Waals surface area (Å²) in [5, 5.41) is 2.43. The van der Waals surface area contributed by atoms with Crippen LogP contribution in [0, 0.1) is 12.7 Å². The van der Waals surface area contributed by atoms with Gasteiger partial charge in [0.15, 0.2) is 5.17 Å².